The molecule has 0 aliphatic carbocycles. The highest BCUT2D eigenvalue weighted by Gasteiger charge is 2.08. The summed E-state index contributed by atoms with van der Waals surface area (Å²) in [6.07, 6.45) is 2.27. The zero-order chi connectivity index (χ0) is 12.1. The summed E-state index contributed by atoms with van der Waals surface area (Å²) in [5, 5.41) is 0. The van der Waals surface area contributed by atoms with Crippen LogP contribution in [0.4, 0.5) is 5.69 Å². The zero-order valence-corrected chi connectivity index (χ0v) is 9.35. The number of carbonyl (C=O) groups excluding carboxylic acids is 1. The minimum atomic E-state index is -0.377. The van der Waals surface area contributed by atoms with Crippen LogP contribution in [0.25, 0.3) is 0 Å². The molecule has 0 unspecified atom stereocenters. The first kappa shape index (κ1) is 11.3. The predicted octanol–water partition coefficient (Wildman–Crippen LogP) is 2.00. The molecule has 17 heavy (non-hydrogen) atoms. The molecule has 88 valence electrons. The van der Waals surface area contributed by atoms with Gasteiger partial charge < -0.3 is 15.5 Å². The molecule has 0 radical (unpaired) electrons. The molecule has 3 N–H and O–H groups in total. The fourth-order valence-corrected chi connectivity index (χ4v) is 1.51. The molecule has 0 spiro atoms. The van der Waals surface area contributed by atoms with Gasteiger partial charge in [-0.3, -0.25) is 0 Å². The summed E-state index contributed by atoms with van der Waals surface area (Å²) in [6, 6.07) is 11.4. The van der Waals surface area contributed by atoms with Crippen molar-refractivity contribution in [3.63, 3.8) is 0 Å². The molecule has 4 heteroatoms. The van der Waals surface area contributed by atoms with E-state index in [0.29, 0.717) is 24.4 Å². The summed E-state index contributed by atoms with van der Waals surface area (Å²) in [7, 11) is 0. The number of ether oxygens (including phenoxy) is 1. The highest BCUT2D eigenvalue weighted by Crippen LogP contribution is 2.06. The highest BCUT2D eigenvalue weighted by molar-refractivity contribution is 5.88. The van der Waals surface area contributed by atoms with Crippen molar-refractivity contribution in [2.45, 2.75) is 6.42 Å². The van der Waals surface area contributed by atoms with Crippen LogP contribution in [0.15, 0.2) is 42.6 Å². The third kappa shape index (κ3) is 3.11. The van der Waals surface area contributed by atoms with Gasteiger partial charge in [-0.1, -0.05) is 30.3 Å². The fraction of sp³-hybridized carbons (Fsp3) is 0.154. The number of hydrogen-bond donors (Lipinski definition) is 2. The van der Waals surface area contributed by atoms with E-state index in [1.165, 1.54) is 0 Å². The molecule has 4 nitrogen and oxygen atoms in total. The normalized spacial score (nSPS) is 10.1. The number of carbonyl (C=O) groups is 1. The molecule has 0 saturated carbocycles. The van der Waals surface area contributed by atoms with Gasteiger partial charge in [-0.25, -0.2) is 4.79 Å². The average molecular weight is 230 g/mol. The first-order valence-electron chi connectivity index (χ1n) is 5.40. The van der Waals surface area contributed by atoms with E-state index in [0.717, 1.165) is 5.56 Å². The van der Waals surface area contributed by atoms with Gasteiger partial charge in [-0.05, 0) is 11.6 Å². The van der Waals surface area contributed by atoms with Crippen LogP contribution in [0.5, 0.6) is 0 Å². The first-order valence-corrected chi connectivity index (χ1v) is 5.40. The highest BCUT2D eigenvalue weighted by atomic mass is 16.5. The SMILES string of the molecule is Nc1c[nH]c(C(=O)OCCc2ccccc2)c1. The molecular weight excluding hydrogens is 216 g/mol. The standard InChI is InChI=1S/C13H14N2O2/c14-11-8-12(15-9-11)13(16)17-7-6-10-4-2-1-3-5-10/h1-5,8-9,15H,6-7,14H2. The van der Waals surface area contributed by atoms with Crippen molar-refractivity contribution in [2.75, 3.05) is 12.3 Å². The third-order valence-electron chi connectivity index (χ3n) is 2.39. The van der Waals surface area contributed by atoms with E-state index < -0.39 is 0 Å². The molecular formula is C13H14N2O2. The van der Waals surface area contributed by atoms with Crippen molar-refractivity contribution in [1.82, 2.24) is 4.98 Å². The van der Waals surface area contributed by atoms with Crippen LogP contribution in [0.2, 0.25) is 0 Å². The maximum Gasteiger partial charge on any atom is 0.354 e. The maximum atomic E-state index is 11.5. The van der Waals surface area contributed by atoms with E-state index in [9.17, 15) is 4.79 Å². The molecule has 0 fully saturated rings. The summed E-state index contributed by atoms with van der Waals surface area (Å²) in [6.45, 7) is 0.363. The van der Waals surface area contributed by atoms with Crippen molar-refractivity contribution in [3.05, 3.63) is 53.9 Å². The summed E-state index contributed by atoms with van der Waals surface area (Å²) in [5.74, 6) is -0.377. The minimum Gasteiger partial charge on any atom is -0.461 e. The average Bonchev–Trinajstić information content (AvgIpc) is 2.77. The number of nitrogens with two attached hydrogens (primary N) is 1. The van der Waals surface area contributed by atoms with E-state index in [1.54, 1.807) is 12.3 Å². The minimum absolute atomic E-state index is 0.363. The zero-order valence-electron chi connectivity index (χ0n) is 9.35. The first-order chi connectivity index (χ1) is 8.25. The maximum absolute atomic E-state index is 11.5. The Labute approximate surface area is 99.4 Å². The molecule has 1 aromatic carbocycles. The Bertz CT molecular complexity index is 491. The Hall–Kier alpha value is -2.23. The number of nitrogens with one attached hydrogen (secondary N) is 1. The van der Waals surface area contributed by atoms with Gasteiger partial charge in [-0.15, -0.1) is 0 Å². The second-order valence-electron chi connectivity index (χ2n) is 3.72. The lowest BCUT2D eigenvalue weighted by Gasteiger charge is -2.03. The number of nitrogen functional groups attached to an aromatic ring is 1. The molecule has 0 atom stereocenters. The second kappa shape index (κ2) is 5.21. The lowest BCUT2D eigenvalue weighted by molar-refractivity contribution is 0.0503. The quantitative estimate of drug-likeness (QED) is 0.789. The predicted molar refractivity (Wildman–Crippen MR) is 65.6 cm³/mol. The van der Waals surface area contributed by atoms with Gasteiger partial charge in [0.05, 0.1) is 12.3 Å². The number of rotatable bonds is 4. The summed E-state index contributed by atoms with van der Waals surface area (Å²) in [5.41, 5.74) is 7.55. The van der Waals surface area contributed by atoms with E-state index in [4.69, 9.17) is 10.5 Å². The molecule has 1 aromatic heterocycles. The smallest absolute Gasteiger partial charge is 0.354 e. The number of H-pyrrole nitrogens is 1. The lowest BCUT2D eigenvalue weighted by atomic mass is 10.2. The van der Waals surface area contributed by atoms with Gasteiger partial charge in [0.25, 0.3) is 0 Å². The third-order valence-corrected chi connectivity index (χ3v) is 2.39. The van der Waals surface area contributed by atoms with Crippen molar-refractivity contribution in [1.29, 1.82) is 0 Å². The summed E-state index contributed by atoms with van der Waals surface area (Å²) < 4.78 is 5.12. The molecule has 0 saturated heterocycles. The van der Waals surface area contributed by atoms with Gasteiger partial charge in [0.1, 0.15) is 5.69 Å². The largest absolute Gasteiger partial charge is 0.461 e. The number of anilines is 1. The van der Waals surface area contributed by atoms with Crippen molar-refractivity contribution in [3.8, 4) is 0 Å². The Balaban J connectivity index is 1.81. The van der Waals surface area contributed by atoms with Crippen molar-refractivity contribution in [2.24, 2.45) is 0 Å². The number of aromatic nitrogens is 1. The summed E-state index contributed by atoms with van der Waals surface area (Å²) in [4.78, 5) is 14.3. The Morgan fingerprint density at radius 1 is 1.29 bits per heavy atom. The van der Waals surface area contributed by atoms with E-state index in [1.807, 2.05) is 30.3 Å². The molecule has 0 bridgehead atoms. The van der Waals surface area contributed by atoms with E-state index >= 15 is 0 Å². The van der Waals surface area contributed by atoms with Crippen LogP contribution in [0.3, 0.4) is 0 Å². The molecule has 2 aromatic rings. The van der Waals surface area contributed by atoms with Crippen LogP contribution in [-0.2, 0) is 11.2 Å². The lowest BCUT2D eigenvalue weighted by Crippen LogP contribution is -2.08. The van der Waals surface area contributed by atoms with Crippen LogP contribution in [0.1, 0.15) is 16.1 Å². The number of aromatic amines is 1. The van der Waals surface area contributed by atoms with Gasteiger partial charge in [0.2, 0.25) is 0 Å². The number of esters is 1. The molecule has 0 amide bonds. The molecule has 1 heterocycles. The number of hydrogen-bond acceptors (Lipinski definition) is 3. The van der Waals surface area contributed by atoms with Gasteiger partial charge in [-0.2, -0.15) is 0 Å². The molecule has 0 aliphatic rings. The van der Waals surface area contributed by atoms with Gasteiger partial charge in [0, 0.05) is 12.6 Å². The second-order valence-corrected chi connectivity index (χ2v) is 3.72. The van der Waals surface area contributed by atoms with Crippen molar-refractivity contribution < 1.29 is 9.53 Å². The van der Waals surface area contributed by atoms with Gasteiger partial charge >= 0.3 is 5.97 Å². The van der Waals surface area contributed by atoms with Crippen LogP contribution < -0.4 is 5.73 Å². The summed E-state index contributed by atoms with van der Waals surface area (Å²) >= 11 is 0. The van der Waals surface area contributed by atoms with E-state index in [2.05, 4.69) is 4.98 Å². The van der Waals surface area contributed by atoms with Crippen LogP contribution in [-0.4, -0.2) is 17.6 Å². The molecule has 2 rings (SSSR count). The van der Waals surface area contributed by atoms with E-state index in [-0.39, 0.29) is 5.97 Å². The van der Waals surface area contributed by atoms with Crippen molar-refractivity contribution >= 4 is 11.7 Å². The molecule has 0 aliphatic heterocycles. The Kier molecular flexibility index (Phi) is 3.45. The monoisotopic (exact) mass is 230 g/mol. The Morgan fingerprint density at radius 3 is 2.71 bits per heavy atom. The number of benzene rings is 1. The van der Waals surface area contributed by atoms with Gasteiger partial charge in [0.15, 0.2) is 0 Å². The topological polar surface area (TPSA) is 68.1 Å². The van der Waals surface area contributed by atoms with Crippen LogP contribution >= 0.6 is 0 Å². The fourth-order valence-electron chi connectivity index (χ4n) is 1.51. The van der Waals surface area contributed by atoms with Crippen LogP contribution in [0, 0.1) is 0 Å². The Morgan fingerprint density at radius 2 is 2.06 bits per heavy atom.